The van der Waals surface area contributed by atoms with Gasteiger partial charge in [0.05, 0.1) is 17.2 Å². The first-order valence-electron chi connectivity index (χ1n) is 6.06. The molecule has 0 aliphatic rings. The number of hydrogen-bond donors (Lipinski definition) is 1. The minimum atomic E-state index is -0.949. The quantitative estimate of drug-likeness (QED) is 0.923. The van der Waals surface area contributed by atoms with Crippen molar-refractivity contribution in [2.75, 3.05) is 0 Å². The zero-order valence-corrected chi connectivity index (χ0v) is 11.0. The molecule has 0 radical (unpaired) electrons. The third kappa shape index (κ3) is 3.15. The van der Waals surface area contributed by atoms with Gasteiger partial charge in [0.2, 0.25) is 0 Å². The minimum Gasteiger partial charge on any atom is -0.489 e. The maximum Gasteiger partial charge on any atom is 0.335 e. The van der Waals surface area contributed by atoms with E-state index in [9.17, 15) is 4.79 Å². The van der Waals surface area contributed by atoms with Gasteiger partial charge in [-0.05, 0) is 42.3 Å². The van der Waals surface area contributed by atoms with Crippen molar-refractivity contribution in [1.29, 1.82) is 5.26 Å². The molecule has 4 nitrogen and oxygen atoms in total. The van der Waals surface area contributed by atoms with Crippen molar-refractivity contribution in [3.63, 3.8) is 0 Å². The Hall–Kier alpha value is -2.80. The molecule has 0 fully saturated rings. The molecule has 0 heterocycles. The van der Waals surface area contributed by atoms with Gasteiger partial charge in [-0.3, -0.25) is 0 Å². The first-order chi connectivity index (χ1) is 9.60. The van der Waals surface area contributed by atoms with Gasteiger partial charge in [0.25, 0.3) is 0 Å². The van der Waals surface area contributed by atoms with Crippen molar-refractivity contribution in [2.45, 2.75) is 13.5 Å². The number of nitriles is 1. The van der Waals surface area contributed by atoms with Crippen LogP contribution in [-0.4, -0.2) is 11.1 Å². The highest BCUT2D eigenvalue weighted by molar-refractivity contribution is 5.87. The number of aryl methyl sites for hydroxylation is 1. The maximum atomic E-state index is 10.7. The van der Waals surface area contributed by atoms with Crippen LogP contribution in [-0.2, 0) is 6.61 Å². The SMILES string of the molecule is Cc1ccc(C#N)cc1OCc1ccc(C(=O)O)cc1. The molecule has 20 heavy (non-hydrogen) atoms. The third-order valence-corrected chi connectivity index (χ3v) is 2.91. The summed E-state index contributed by atoms with van der Waals surface area (Å²) < 4.78 is 5.67. The normalized spacial score (nSPS) is 9.80. The lowest BCUT2D eigenvalue weighted by Crippen LogP contribution is -2.00. The summed E-state index contributed by atoms with van der Waals surface area (Å²) >= 11 is 0. The molecule has 2 aromatic carbocycles. The fourth-order valence-electron chi connectivity index (χ4n) is 1.73. The smallest absolute Gasteiger partial charge is 0.335 e. The highest BCUT2D eigenvalue weighted by atomic mass is 16.5. The molecule has 0 bridgehead atoms. The van der Waals surface area contributed by atoms with Crippen molar-refractivity contribution in [1.82, 2.24) is 0 Å². The average Bonchev–Trinajstić information content (AvgIpc) is 2.47. The summed E-state index contributed by atoms with van der Waals surface area (Å²) in [7, 11) is 0. The average molecular weight is 267 g/mol. The zero-order chi connectivity index (χ0) is 14.5. The van der Waals surface area contributed by atoms with E-state index in [1.165, 1.54) is 0 Å². The molecule has 0 aliphatic heterocycles. The molecule has 0 saturated heterocycles. The van der Waals surface area contributed by atoms with Gasteiger partial charge in [0.1, 0.15) is 12.4 Å². The largest absolute Gasteiger partial charge is 0.489 e. The van der Waals surface area contributed by atoms with Gasteiger partial charge in [0, 0.05) is 0 Å². The summed E-state index contributed by atoms with van der Waals surface area (Å²) in [5.74, 6) is -0.290. The monoisotopic (exact) mass is 267 g/mol. The van der Waals surface area contributed by atoms with Gasteiger partial charge in [-0.1, -0.05) is 18.2 Å². The maximum absolute atomic E-state index is 10.7. The standard InChI is InChI=1S/C16H13NO3/c1-11-2-3-13(9-17)8-15(11)20-10-12-4-6-14(7-5-12)16(18)19/h2-8H,10H2,1H3,(H,18,19). The van der Waals surface area contributed by atoms with E-state index in [1.54, 1.807) is 36.4 Å². The molecule has 2 rings (SSSR count). The number of ether oxygens (including phenoxy) is 1. The van der Waals surface area contributed by atoms with E-state index in [1.807, 2.05) is 13.0 Å². The highest BCUT2D eigenvalue weighted by Crippen LogP contribution is 2.20. The van der Waals surface area contributed by atoms with Crippen LogP contribution in [0.2, 0.25) is 0 Å². The van der Waals surface area contributed by atoms with E-state index in [0.717, 1.165) is 11.1 Å². The van der Waals surface area contributed by atoms with Crippen LogP contribution in [0.5, 0.6) is 5.75 Å². The summed E-state index contributed by atoms with van der Waals surface area (Å²) in [6.45, 7) is 2.24. The van der Waals surface area contributed by atoms with Crippen LogP contribution in [0, 0.1) is 18.3 Å². The topological polar surface area (TPSA) is 70.3 Å². The van der Waals surface area contributed by atoms with Crippen molar-refractivity contribution >= 4 is 5.97 Å². The minimum absolute atomic E-state index is 0.247. The number of aromatic carboxylic acids is 1. The summed E-state index contributed by atoms with van der Waals surface area (Å²) in [5.41, 5.74) is 2.62. The van der Waals surface area contributed by atoms with Gasteiger partial charge in [-0.15, -0.1) is 0 Å². The second kappa shape index (κ2) is 5.89. The molecule has 2 aromatic rings. The Morgan fingerprint density at radius 1 is 1.25 bits per heavy atom. The predicted octanol–water partition coefficient (Wildman–Crippen LogP) is 3.14. The second-order valence-electron chi connectivity index (χ2n) is 4.38. The van der Waals surface area contributed by atoms with Gasteiger partial charge in [-0.25, -0.2) is 4.79 Å². The number of carbonyl (C=O) groups is 1. The first-order valence-corrected chi connectivity index (χ1v) is 6.06. The van der Waals surface area contributed by atoms with E-state index in [-0.39, 0.29) is 5.56 Å². The predicted molar refractivity (Wildman–Crippen MR) is 73.6 cm³/mol. The van der Waals surface area contributed by atoms with E-state index in [0.29, 0.717) is 17.9 Å². The summed E-state index contributed by atoms with van der Waals surface area (Å²) in [4.78, 5) is 10.7. The van der Waals surface area contributed by atoms with Crippen LogP contribution in [0.15, 0.2) is 42.5 Å². The Kier molecular flexibility index (Phi) is 4.02. The fraction of sp³-hybridized carbons (Fsp3) is 0.125. The zero-order valence-electron chi connectivity index (χ0n) is 11.0. The molecular weight excluding hydrogens is 254 g/mol. The van der Waals surface area contributed by atoms with Gasteiger partial charge in [0.15, 0.2) is 0 Å². The van der Waals surface area contributed by atoms with Crippen LogP contribution in [0.4, 0.5) is 0 Å². The summed E-state index contributed by atoms with van der Waals surface area (Å²) in [6, 6.07) is 13.9. The van der Waals surface area contributed by atoms with Crippen molar-refractivity contribution in [2.24, 2.45) is 0 Å². The molecular formula is C16H13NO3. The molecule has 0 unspecified atom stereocenters. The number of nitrogens with zero attached hydrogens (tertiary/aromatic N) is 1. The van der Waals surface area contributed by atoms with Crippen LogP contribution >= 0.6 is 0 Å². The number of hydrogen-bond acceptors (Lipinski definition) is 3. The molecule has 0 saturated carbocycles. The molecule has 0 atom stereocenters. The van der Waals surface area contributed by atoms with Gasteiger partial charge >= 0.3 is 5.97 Å². The van der Waals surface area contributed by atoms with Gasteiger partial charge in [-0.2, -0.15) is 5.26 Å². The van der Waals surface area contributed by atoms with Crippen molar-refractivity contribution in [3.8, 4) is 11.8 Å². The number of rotatable bonds is 4. The molecule has 0 aliphatic carbocycles. The lowest BCUT2D eigenvalue weighted by Gasteiger charge is -2.09. The van der Waals surface area contributed by atoms with Crippen LogP contribution in [0.3, 0.4) is 0 Å². The Balaban J connectivity index is 2.09. The van der Waals surface area contributed by atoms with Crippen LogP contribution in [0.1, 0.15) is 27.0 Å². The van der Waals surface area contributed by atoms with Crippen molar-refractivity contribution in [3.05, 3.63) is 64.7 Å². The Morgan fingerprint density at radius 3 is 2.55 bits per heavy atom. The first kappa shape index (κ1) is 13.6. The lowest BCUT2D eigenvalue weighted by molar-refractivity contribution is 0.0697. The number of carboxylic acid groups (broad SMARTS) is 1. The lowest BCUT2D eigenvalue weighted by atomic mass is 10.1. The van der Waals surface area contributed by atoms with Crippen LogP contribution in [0.25, 0.3) is 0 Å². The highest BCUT2D eigenvalue weighted by Gasteiger charge is 2.04. The van der Waals surface area contributed by atoms with E-state index in [2.05, 4.69) is 6.07 Å². The van der Waals surface area contributed by atoms with Gasteiger partial charge < -0.3 is 9.84 Å². The summed E-state index contributed by atoms with van der Waals surface area (Å²) in [5, 5.41) is 17.7. The second-order valence-corrected chi connectivity index (χ2v) is 4.38. The van der Waals surface area contributed by atoms with Crippen molar-refractivity contribution < 1.29 is 14.6 Å². The fourth-order valence-corrected chi connectivity index (χ4v) is 1.73. The Morgan fingerprint density at radius 2 is 1.95 bits per heavy atom. The molecule has 1 N–H and O–H groups in total. The van der Waals surface area contributed by atoms with Crippen LogP contribution < -0.4 is 4.74 Å². The molecule has 0 aromatic heterocycles. The Labute approximate surface area is 116 Å². The van der Waals surface area contributed by atoms with E-state index < -0.39 is 5.97 Å². The molecule has 0 spiro atoms. The Bertz CT molecular complexity index is 669. The molecule has 0 amide bonds. The number of benzene rings is 2. The molecule has 4 heteroatoms. The molecule has 100 valence electrons. The number of carboxylic acids is 1. The summed E-state index contributed by atoms with van der Waals surface area (Å²) in [6.07, 6.45) is 0. The van der Waals surface area contributed by atoms with E-state index in [4.69, 9.17) is 15.1 Å². The third-order valence-electron chi connectivity index (χ3n) is 2.91. The van der Waals surface area contributed by atoms with E-state index >= 15 is 0 Å².